The first kappa shape index (κ1) is 21.4. The number of carbonyl (C=O) groups excluding carboxylic acids is 1. The van der Waals surface area contributed by atoms with Crippen molar-refractivity contribution < 1.29 is 14.7 Å². The zero-order valence-electron chi connectivity index (χ0n) is 17.3. The van der Waals surface area contributed by atoms with Gasteiger partial charge in [0.05, 0.1) is 12.8 Å². The molecule has 2 aliphatic rings. The Hall–Kier alpha value is -2.84. The molecule has 31 heavy (non-hydrogen) atoms. The third-order valence-corrected chi connectivity index (χ3v) is 6.39. The van der Waals surface area contributed by atoms with Gasteiger partial charge in [0.15, 0.2) is 0 Å². The number of carboxylic acid groups (broad SMARTS) is 1. The number of hydrazone groups is 1. The maximum atomic E-state index is 12.7. The summed E-state index contributed by atoms with van der Waals surface area (Å²) in [5.41, 5.74) is 4.48. The SMILES string of the molecule is O=C(O)CN1CCc2ccc(C(=O)Nc3ccc(C=NN4CCSCC4)cc3)cc2C1. The van der Waals surface area contributed by atoms with Gasteiger partial charge < -0.3 is 10.4 Å². The molecule has 0 unspecified atom stereocenters. The van der Waals surface area contributed by atoms with E-state index in [9.17, 15) is 9.59 Å². The molecule has 0 aromatic heterocycles. The molecule has 2 heterocycles. The number of benzene rings is 2. The Bertz CT molecular complexity index is 971. The van der Waals surface area contributed by atoms with Gasteiger partial charge in [0.25, 0.3) is 5.91 Å². The van der Waals surface area contributed by atoms with Gasteiger partial charge in [-0.15, -0.1) is 0 Å². The van der Waals surface area contributed by atoms with E-state index in [2.05, 4.69) is 15.4 Å². The first-order valence-corrected chi connectivity index (χ1v) is 11.6. The fraction of sp³-hybridized carbons (Fsp3) is 0.348. The Kier molecular flexibility index (Phi) is 6.89. The first-order chi connectivity index (χ1) is 15.1. The number of carboxylic acids is 1. The predicted molar refractivity (Wildman–Crippen MR) is 124 cm³/mol. The highest BCUT2D eigenvalue weighted by Gasteiger charge is 2.19. The lowest BCUT2D eigenvalue weighted by atomic mass is 9.97. The summed E-state index contributed by atoms with van der Waals surface area (Å²) in [5, 5.41) is 18.6. The van der Waals surface area contributed by atoms with Crippen LogP contribution in [-0.2, 0) is 17.8 Å². The number of nitrogens with one attached hydrogen (secondary N) is 1. The average molecular weight is 439 g/mol. The standard InChI is InChI=1S/C23H26N4O3S/c28-22(29)16-26-8-7-18-3-4-19(13-20(18)15-26)23(30)25-21-5-1-17(2-6-21)14-24-27-9-11-31-12-10-27/h1-6,13-14H,7-12,15-16H2,(H,25,30)(H,28,29). The summed E-state index contributed by atoms with van der Waals surface area (Å²) >= 11 is 1.95. The minimum atomic E-state index is -0.833. The second-order valence-corrected chi connectivity index (χ2v) is 8.95. The van der Waals surface area contributed by atoms with Crippen molar-refractivity contribution in [2.24, 2.45) is 5.10 Å². The maximum absolute atomic E-state index is 12.7. The van der Waals surface area contributed by atoms with Gasteiger partial charge in [0.2, 0.25) is 0 Å². The molecule has 8 heteroatoms. The van der Waals surface area contributed by atoms with Crippen LogP contribution in [0.25, 0.3) is 0 Å². The molecule has 0 saturated carbocycles. The second kappa shape index (κ2) is 9.98. The van der Waals surface area contributed by atoms with Gasteiger partial charge in [-0.1, -0.05) is 18.2 Å². The molecule has 0 bridgehead atoms. The van der Waals surface area contributed by atoms with Gasteiger partial charge >= 0.3 is 5.97 Å². The molecule has 0 spiro atoms. The molecule has 0 radical (unpaired) electrons. The monoisotopic (exact) mass is 438 g/mol. The lowest BCUT2D eigenvalue weighted by Crippen LogP contribution is -2.34. The highest BCUT2D eigenvalue weighted by Crippen LogP contribution is 2.21. The third-order valence-electron chi connectivity index (χ3n) is 5.44. The number of rotatable bonds is 6. The van der Waals surface area contributed by atoms with Gasteiger partial charge in [0, 0.05) is 48.9 Å². The van der Waals surface area contributed by atoms with E-state index in [-0.39, 0.29) is 12.5 Å². The van der Waals surface area contributed by atoms with E-state index in [1.807, 2.05) is 65.3 Å². The Balaban J connectivity index is 1.37. The number of aliphatic carboxylic acids is 1. The van der Waals surface area contributed by atoms with Crippen LogP contribution in [0.2, 0.25) is 0 Å². The van der Waals surface area contributed by atoms with E-state index < -0.39 is 5.97 Å². The van der Waals surface area contributed by atoms with E-state index in [4.69, 9.17) is 5.11 Å². The number of fused-ring (bicyclic) bond motifs is 1. The van der Waals surface area contributed by atoms with Crippen molar-refractivity contribution in [1.29, 1.82) is 0 Å². The van der Waals surface area contributed by atoms with Crippen molar-refractivity contribution in [3.05, 3.63) is 64.7 Å². The number of nitrogens with zero attached hydrogens (tertiary/aromatic N) is 3. The maximum Gasteiger partial charge on any atom is 0.317 e. The summed E-state index contributed by atoms with van der Waals surface area (Å²) in [5.74, 6) is 1.22. The molecule has 0 aliphatic carbocycles. The quantitative estimate of drug-likeness (QED) is 0.675. The van der Waals surface area contributed by atoms with Crippen molar-refractivity contribution in [3.8, 4) is 0 Å². The zero-order chi connectivity index (χ0) is 21.6. The smallest absolute Gasteiger partial charge is 0.317 e. The lowest BCUT2D eigenvalue weighted by Gasteiger charge is -2.27. The molecule has 1 saturated heterocycles. The Morgan fingerprint density at radius 1 is 1.06 bits per heavy atom. The van der Waals surface area contributed by atoms with E-state index in [1.165, 1.54) is 5.56 Å². The molecule has 2 aliphatic heterocycles. The minimum Gasteiger partial charge on any atom is -0.480 e. The topological polar surface area (TPSA) is 85.2 Å². The van der Waals surface area contributed by atoms with Crippen LogP contribution in [0.3, 0.4) is 0 Å². The Morgan fingerprint density at radius 3 is 2.58 bits per heavy atom. The fourth-order valence-corrected chi connectivity index (χ4v) is 4.64. The molecular weight excluding hydrogens is 412 g/mol. The van der Waals surface area contributed by atoms with E-state index >= 15 is 0 Å². The Labute approximate surface area is 186 Å². The lowest BCUT2D eigenvalue weighted by molar-refractivity contribution is -0.138. The van der Waals surface area contributed by atoms with Crippen LogP contribution in [0.1, 0.15) is 27.0 Å². The first-order valence-electron chi connectivity index (χ1n) is 10.4. The van der Waals surface area contributed by atoms with Crippen LogP contribution in [0.5, 0.6) is 0 Å². The molecule has 162 valence electrons. The molecule has 4 rings (SSSR count). The van der Waals surface area contributed by atoms with Gasteiger partial charge in [-0.3, -0.25) is 19.5 Å². The van der Waals surface area contributed by atoms with Crippen LogP contribution in [0.15, 0.2) is 47.6 Å². The molecule has 2 aromatic carbocycles. The number of hydrogen-bond donors (Lipinski definition) is 2. The van der Waals surface area contributed by atoms with Gasteiger partial charge in [-0.2, -0.15) is 16.9 Å². The average Bonchev–Trinajstić information content (AvgIpc) is 2.78. The molecule has 0 atom stereocenters. The Morgan fingerprint density at radius 2 is 1.84 bits per heavy atom. The molecular formula is C23H26N4O3S. The zero-order valence-corrected chi connectivity index (χ0v) is 18.1. The fourth-order valence-electron chi connectivity index (χ4n) is 3.76. The van der Waals surface area contributed by atoms with Crippen molar-refractivity contribution in [1.82, 2.24) is 9.91 Å². The van der Waals surface area contributed by atoms with Crippen LogP contribution in [0.4, 0.5) is 5.69 Å². The highest BCUT2D eigenvalue weighted by molar-refractivity contribution is 7.99. The largest absolute Gasteiger partial charge is 0.480 e. The number of hydrogen-bond acceptors (Lipinski definition) is 6. The van der Waals surface area contributed by atoms with Crippen LogP contribution >= 0.6 is 11.8 Å². The van der Waals surface area contributed by atoms with Crippen molar-refractivity contribution >= 4 is 35.5 Å². The van der Waals surface area contributed by atoms with E-state index in [0.717, 1.165) is 54.4 Å². The van der Waals surface area contributed by atoms with E-state index in [0.29, 0.717) is 12.1 Å². The number of carbonyl (C=O) groups is 2. The number of amides is 1. The summed E-state index contributed by atoms with van der Waals surface area (Å²) in [6.45, 7) is 3.24. The number of thioether (sulfide) groups is 1. The summed E-state index contributed by atoms with van der Waals surface area (Å²) in [6, 6.07) is 13.3. The highest BCUT2D eigenvalue weighted by atomic mass is 32.2. The van der Waals surface area contributed by atoms with Crippen LogP contribution in [-0.4, -0.2) is 70.8 Å². The van der Waals surface area contributed by atoms with Crippen molar-refractivity contribution in [3.63, 3.8) is 0 Å². The summed E-state index contributed by atoms with van der Waals surface area (Å²) in [6.07, 6.45) is 2.65. The van der Waals surface area contributed by atoms with Crippen molar-refractivity contribution in [2.75, 3.05) is 43.0 Å². The summed E-state index contributed by atoms with van der Waals surface area (Å²) in [4.78, 5) is 25.6. The molecule has 2 N–H and O–H groups in total. The molecule has 7 nitrogen and oxygen atoms in total. The molecule has 1 fully saturated rings. The van der Waals surface area contributed by atoms with Crippen molar-refractivity contribution in [2.45, 2.75) is 13.0 Å². The molecule has 2 aromatic rings. The number of anilines is 1. The second-order valence-electron chi connectivity index (χ2n) is 7.72. The van der Waals surface area contributed by atoms with Crippen LogP contribution < -0.4 is 5.32 Å². The predicted octanol–water partition coefficient (Wildman–Crippen LogP) is 2.76. The van der Waals surface area contributed by atoms with Gasteiger partial charge in [-0.05, 0) is 47.4 Å². The minimum absolute atomic E-state index is 0.0161. The summed E-state index contributed by atoms with van der Waals surface area (Å²) in [7, 11) is 0. The summed E-state index contributed by atoms with van der Waals surface area (Å²) < 4.78 is 0. The van der Waals surface area contributed by atoms with E-state index in [1.54, 1.807) is 0 Å². The van der Waals surface area contributed by atoms with Gasteiger partial charge in [-0.25, -0.2) is 0 Å². The molecule has 1 amide bonds. The van der Waals surface area contributed by atoms with Crippen LogP contribution in [0, 0.1) is 0 Å². The third kappa shape index (κ3) is 5.86. The normalized spacial score (nSPS) is 16.8. The van der Waals surface area contributed by atoms with Gasteiger partial charge in [0.1, 0.15) is 0 Å².